The molecule has 1 aromatic rings. The van der Waals surface area contributed by atoms with Crippen molar-refractivity contribution in [1.29, 1.82) is 0 Å². The monoisotopic (exact) mass is 298 g/mol. The molecule has 0 aromatic heterocycles. The molecule has 0 heterocycles. The number of anilines is 2. The highest BCUT2D eigenvalue weighted by Gasteiger charge is 2.16. The van der Waals surface area contributed by atoms with Crippen LogP contribution < -0.4 is 15.8 Å². The third-order valence-corrected chi connectivity index (χ3v) is 4.27. The zero-order valence-corrected chi connectivity index (χ0v) is 12.9. The zero-order chi connectivity index (χ0) is 15.1. The van der Waals surface area contributed by atoms with Crippen LogP contribution in [0, 0.1) is 5.92 Å². The summed E-state index contributed by atoms with van der Waals surface area (Å²) in [7, 11) is 1.54. The summed E-state index contributed by atoms with van der Waals surface area (Å²) in [5.74, 6) is 1.38. The van der Waals surface area contributed by atoms with E-state index in [0.717, 1.165) is 5.75 Å². The standard InChI is InChI=1S/C14H22N2O3S/c1-9(7-17)8-20-10(2)14(18)16-12-6-11(15)4-5-13(12)19-3/h4-6,9-10,17H,7-8,15H2,1-3H3,(H,16,18). The molecule has 0 saturated carbocycles. The van der Waals surface area contributed by atoms with Gasteiger partial charge in [-0.1, -0.05) is 6.92 Å². The number of nitrogen functional groups attached to an aromatic ring is 1. The molecule has 1 rings (SSSR count). The second-order valence-corrected chi connectivity index (χ2v) is 6.09. The molecule has 0 spiro atoms. The fraction of sp³-hybridized carbons (Fsp3) is 0.500. The predicted molar refractivity (Wildman–Crippen MR) is 84.2 cm³/mol. The number of rotatable bonds is 7. The van der Waals surface area contributed by atoms with E-state index in [9.17, 15) is 4.79 Å². The number of aliphatic hydroxyl groups is 1. The van der Waals surface area contributed by atoms with E-state index in [1.165, 1.54) is 11.8 Å². The van der Waals surface area contributed by atoms with Crippen LogP contribution >= 0.6 is 11.8 Å². The fourth-order valence-electron chi connectivity index (χ4n) is 1.49. The summed E-state index contributed by atoms with van der Waals surface area (Å²) >= 11 is 1.51. The number of amides is 1. The minimum atomic E-state index is -0.213. The number of nitrogens with two attached hydrogens (primary N) is 1. The third kappa shape index (κ3) is 4.94. The van der Waals surface area contributed by atoms with Gasteiger partial charge in [-0.3, -0.25) is 4.79 Å². The second kappa shape index (κ2) is 8.01. The summed E-state index contributed by atoms with van der Waals surface area (Å²) in [6.07, 6.45) is 0. The molecule has 4 N–H and O–H groups in total. The molecule has 1 aromatic carbocycles. The van der Waals surface area contributed by atoms with E-state index in [-0.39, 0.29) is 23.7 Å². The molecular formula is C14H22N2O3S. The molecule has 0 fully saturated rings. The maximum absolute atomic E-state index is 12.1. The molecule has 0 radical (unpaired) electrons. The van der Waals surface area contributed by atoms with Crippen molar-refractivity contribution in [2.24, 2.45) is 5.92 Å². The molecule has 0 bridgehead atoms. The highest BCUT2D eigenvalue weighted by atomic mass is 32.2. The Bertz CT molecular complexity index is 454. The van der Waals surface area contributed by atoms with Gasteiger partial charge in [0.05, 0.1) is 18.0 Å². The van der Waals surface area contributed by atoms with Gasteiger partial charge in [-0.05, 0) is 36.8 Å². The Hall–Kier alpha value is -1.40. The average molecular weight is 298 g/mol. The highest BCUT2D eigenvalue weighted by Crippen LogP contribution is 2.27. The zero-order valence-electron chi connectivity index (χ0n) is 12.1. The molecule has 0 aliphatic carbocycles. The van der Waals surface area contributed by atoms with Gasteiger partial charge in [0.25, 0.3) is 0 Å². The number of aliphatic hydroxyl groups excluding tert-OH is 1. The molecule has 112 valence electrons. The van der Waals surface area contributed by atoms with E-state index in [2.05, 4.69) is 5.32 Å². The topological polar surface area (TPSA) is 84.6 Å². The van der Waals surface area contributed by atoms with Crippen LogP contribution in [0.4, 0.5) is 11.4 Å². The lowest BCUT2D eigenvalue weighted by Crippen LogP contribution is -2.24. The van der Waals surface area contributed by atoms with Crippen molar-refractivity contribution < 1.29 is 14.6 Å². The number of hydrogen-bond acceptors (Lipinski definition) is 5. The smallest absolute Gasteiger partial charge is 0.237 e. The van der Waals surface area contributed by atoms with Crippen molar-refractivity contribution in [2.75, 3.05) is 30.5 Å². The van der Waals surface area contributed by atoms with Crippen molar-refractivity contribution in [3.8, 4) is 5.75 Å². The van der Waals surface area contributed by atoms with Crippen LogP contribution in [0.5, 0.6) is 5.75 Å². The molecule has 2 unspecified atom stereocenters. The maximum Gasteiger partial charge on any atom is 0.237 e. The summed E-state index contributed by atoms with van der Waals surface area (Å²) in [4.78, 5) is 12.1. The predicted octanol–water partition coefficient (Wildman–Crippen LogP) is 1.97. The number of carbonyl (C=O) groups is 1. The number of nitrogens with one attached hydrogen (secondary N) is 1. The van der Waals surface area contributed by atoms with E-state index in [1.807, 2.05) is 13.8 Å². The van der Waals surface area contributed by atoms with Crippen LogP contribution in [-0.4, -0.2) is 35.7 Å². The Kier molecular flexibility index (Phi) is 6.67. The average Bonchev–Trinajstić information content (AvgIpc) is 2.44. The summed E-state index contributed by atoms with van der Waals surface area (Å²) < 4.78 is 5.19. The summed E-state index contributed by atoms with van der Waals surface area (Å²) in [6, 6.07) is 5.11. The lowest BCUT2D eigenvalue weighted by molar-refractivity contribution is -0.115. The van der Waals surface area contributed by atoms with Gasteiger partial charge in [-0.2, -0.15) is 0 Å². The third-order valence-electron chi connectivity index (χ3n) is 2.79. The van der Waals surface area contributed by atoms with Crippen molar-refractivity contribution in [1.82, 2.24) is 0 Å². The van der Waals surface area contributed by atoms with E-state index < -0.39 is 0 Å². The molecule has 20 heavy (non-hydrogen) atoms. The number of ether oxygens (including phenoxy) is 1. The second-order valence-electron chi connectivity index (χ2n) is 4.71. The normalized spacial score (nSPS) is 13.6. The molecular weight excluding hydrogens is 276 g/mol. The Morgan fingerprint density at radius 3 is 2.80 bits per heavy atom. The van der Waals surface area contributed by atoms with E-state index in [1.54, 1.807) is 25.3 Å². The highest BCUT2D eigenvalue weighted by molar-refractivity contribution is 8.00. The van der Waals surface area contributed by atoms with Crippen LogP contribution in [0.1, 0.15) is 13.8 Å². The quantitative estimate of drug-likeness (QED) is 0.670. The van der Waals surface area contributed by atoms with E-state index in [0.29, 0.717) is 17.1 Å². The lowest BCUT2D eigenvalue weighted by Gasteiger charge is -2.16. The van der Waals surface area contributed by atoms with Crippen LogP contribution in [0.3, 0.4) is 0 Å². The maximum atomic E-state index is 12.1. The molecule has 0 aliphatic heterocycles. The molecule has 0 saturated heterocycles. The van der Waals surface area contributed by atoms with Gasteiger partial charge < -0.3 is 20.9 Å². The van der Waals surface area contributed by atoms with Crippen LogP contribution in [-0.2, 0) is 4.79 Å². The van der Waals surface area contributed by atoms with Gasteiger partial charge in [0.2, 0.25) is 5.91 Å². The van der Waals surface area contributed by atoms with Gasteiger partial charge >= 0.3 is 0 Å². The number of carbonyl (C=O) groups excluding carboxylic acids is 1. The molecule has 0 aliphatic rings. The molecule has 6 heteroatoms. The summed E-state index contributed by atoms with van der Waals surface area (Å²) in [5, 5.41) is 11.6. The van der Waals surface area contributed by atoms with Crippen molar-refractivity contribution in [3.05, 3.63) is 18.2 Å². The Morgan fingerprint density at radius 1 is 1.50 bits per heavy atom. The van der Waals surface area contributed by atoms with Gasteiger partial charge in [0.1, 0.15) is 5.75 Å². The largest absolute Gasteiger partial charge is 0.495 e. The lowest BCUT2D eigenvalue weighted by atomic mass is 10.2. The van der Waals surface area contributed by atoms with Gasteiger partial charge in [-0.25, -0.2) is 0 Å². The first-order valence-corrected chi connectivity index (χ1v) is 7.49. The number of methoxy groups -OCH3 is 1. The minimum absolute atomic E-state index is 0.107. The Labute approximate surface area is 123 Å². The van der Waals surface area contributed by atoms with E-state index in [4.69, 9.17) is 15.6 Å². The SMILES string of the molecule is COc1ccc(N)cc1NC(=O)C(C)SCC(C)CO. The van der Waals surface area contributed by atoms with Crippen molar-refractivity contribution in [3.63, 3.8) is 0 Å². The van der Waals surface area contributed by atoms with Crippen molar-refractivity contribution >= 4 is 29.0 Å². The first-order valence-electron chi connectivity index (χ1n) is 6.44. The van der Waals surface area contributed by atoms with Gasteiger partial charge in [-0.15, -0.1) is 11.8 Å². The van der Waals surface area contributed by atoms with Crippen LogP contribution in [0.25, 0.3) is 0 Å². The van der Waals surface area contributed by atoms with Crippen LogP contribution in [0.15, 0.2) is 18.2 Å². The van der Waals surface area contributed by atoms with Gasteiger partial charge in [0.15, 0.2) is 0 Å². The minimum Gasteiger partial charge on any atom is -0.495 e. The van der Waals surface area contributed by atoms with Crippen LogP contribution in [0.2, 0.25) is 0 Å². The molecule has 5 nitrogen and oxygen atoms in total. The first-order chi connectivity index (χ1) is 9.47. The summed E-state index contributed by atoms with van der Waals surface area (Å²) in [5.41, 5.74) is 6.85. The number of thioether (sulfide) groups is 1. The molecule has 1 amide bonds. The summed E-state index contributed by atoms with van der Waals surface area (Å²) in [6.45, 7) is 3.91. The number of benzene rings is 1. The fourth-order valence-corrected chi connectivity index (χ4v) is 2.43. The van der Waals surface area contributed by atoms with Crippen molar-refractivity contribution in [2.45, 2.75) is 19.1 Å². The Morgan fingerprint density at radius 2 is 2.20 bits per heavy atom. The number of hydrogen-bond donors (Lipinski definition) is 3. The van der Waals surface area contributed by atoms with E-state index >= 15 is 0 Å². The first kappa shape index (κ1) is 16.7. The Balaban J connectivity index is 2.63. The van der Waals surface area contributed by atoms with Gasteiger partial charge in [0, 0.05) is 12.3 Å². The molecule has 2 atom stereocenters.